The predicted molar refractivity (Wildman–Crippen MR) is 282 cm³/mol. The lowest BCUT2D eigenvalue weighted by molar-refractivity contribution is 0.411. The molecule has 0 fully saturated rings. The van der Waals surface area contributed by atoms with Gasteiger partial charge >= 0.3 is 6.85 Å². The zero-order chi connectivity index (χ0) is 45.8. The van der Waals surface area contributed by atoms with Crippen LogP contribution in [0.1, 0.15) is 105 Å². The van der Waals surface area contributed by atoms with Crippen molar-refractivity contribution >= 4 is 62.8 Å². The van der Waals surface area contributed by atoms with Gasteiger partial charge in [-0.15, -0.1) is 0 Å². The van der Waals surface area contributed by atoms with Crippen LogP contribution in [0.3, 0.4) is 0 Å². The molecule has 7 aromatic carbocycles. The molecule has 326 valence electrons. The van der Waals surface area contributed by atoms with Crippen LogP contribution < -0.4 is 20.7 Å². The molecule has 0 amide bonds. The third-order valence-corrected chi connectivity index (χ3v) is 13.7. The van der Waals surface area contributed by atoms with Crippen molar-refractivity contribution in [3.63, 3.8) is 0 Å². The van der Waals surface area contributed by atoms with Gasteiger partial charge in [0.2, 0.25) is 0 Å². The summed E-state index contributed by atoms with van der Waals surface area (Å²) in [5.74, 6) is 0. The van der Waals surface area contributed by atoms with E-state index in [9.17, 15) is 0 Å². The highest BCUT2D eigenvalue weighted by atomic mass is 15.2. The summed E-state index contributed by atoms with van der Waals surface area (Å²) in [5.41, 5.74) is 21.5. The number of aromatic nitrogens is 1. The van der Waals surface area contributed by atoms with E-state index in [2.05, 4.69) is 255 Å². The molecule has 0 spiro atoms. The van der Waals surface area contributed by atoms with Gasteiger partial charge in [0.05, 0.1) is 11.4 Å². The molecule has 2 aliphatic rings. The monoisotopic (exact) mass is 850 g/mol. The summed E-state index contributed by atoms with van der Waals surface area (Å²) in [6.07, 6.45) is 0.981. The Bertz CT molecular complexity index is 3040. The van der Waals surface area contributed by atoms with Crippen LogP contribution in [0.2, 0.25) is 0 Å². The summed E-state index contributed by atoms with van der Waals surface area (Å²) in [6.45, 7) is 28.1. The quantitative estimate of drug-likeness (QED) is 0.154. The first-order valence-corrected chi connectivity index (χ1v) is 23.7. The van der Waals surface area contributed by atoms with E-state index in [1.807, 2.05) is 0 Å². The fraction of sp³-hybridized carbons (Fsp3) is 0.279. The number of rotatable bonds is 6. The van der Waals surface area contributed by atoms with Gasteiger partial charge < -0.3 is 14.3 Å². The minimum absolute atomic E-state index is 0.0454. The molecule has 0 aliphatic carbocycles. The summed E-state index contributed by atoms with van der Waals surface area (Å²) in [5, 5.41) is 1.26. The van der Waals surface area contributed by atoms with Crippen LogP contribution in [0.4, 0.5) is 34.1 Å². The minimum atomic E-state index is -0.116. The molecule has 0 unspecified atom stereocenters. The summed E-state index contributed by atoms with van der Waals surface area (Å²) in [4.78, 5) is 5.12. The van der Waals surface area contributed by atoms with E-state index in [1.165, 1.54) is 89.2 Å². The van der Waals surface area contributed by atoms with Crippen molar-refractivity contribution in [2.75, 3.05) is 9.80 Å². The standard InChI is InChI=1S/C61H64BN3/c1-58(2,3)39-40-28-33-52-51(34-40)62-54-48(35-44(61(10,11)12)38-53(54)64(52)47-31-29-42(30-32-47)59(4,5)6)49-36-43(60(7,8)9)37-50-56(49)65(62)55(41-22-16-13-17-23-41)57(50)63(45-24-18-14-19-25-45)46-26-20-15-21-27-46/h13-38H,39H2,1-12H3. The first kappa shape index (κ1) is 42.7. The van der Waals surface area contributed by atoms with Crippen molar-refractivity contribution in [3.8, 4) is 22.4 Å². The lowest BCUT2D eigenvalue weighted by Crippen LogP contribution is -2.57. The lowest BCUT2D eigenvalue weighted by atomic mass is 9.44. The van der Waals surface area contributed by atoms with Gasteiger partial charge in [-0.05, 0) is 133 Å². The molecular weight excluding hydrogens is 786 g/mol. The average molecular weight is 850 g/mol. The Labute approximate surface area is 388 Å². The van der Waals surface area contributed by atoms with E-state index >= 15 is 0 Å². The zero-order valence-corrected chi connectivity index (χ0v) is 40.6. The Morgan fingerprint density at radius 1 is 0.492 bits per heavy atom. The van der Waals surface area contributed by atoms with Gasteiger partial charge in [0.15, 0.2) is 0 Å². The van der Waals surface area contributed by atoms with Crippen LogP contribution in [-0.4, -0.2) is 11.3 Å². The number of hydrogen-bond acceptors (Lipinski definition) is 2. The average Bonchev–Trinajstić information content (AvgIpc) is 3.59. The maximum atomic E-state index is 2.77. The third kappa shape index (κ3) is 7.40. The second-order valence-electron chi connectivity index (χ2n) is 23.0. The van der Waals surface area contributed by atoms with E-state index < -0.39 is 0 Å². The topological polar surface area (TPSA) is 11.4 Å². The molecule has 10 rings (SSSR count). The van der Waals surface area contributed by atoms with Gasteiger partial charge in [0, 0.05) is 44.9 Å². The first-order valence-electron chi connectivity index (χ1n) is 23.7. The SMILES string of the molecule is CC(C)(C)Cc1ccc2c(c1)B1c3c(cc(C(C)(C)C)cc3N2c2ccc(C(C)(C)C)cc2)-c2cc(C(C)(C)C)cc3c(N(c4ccccc4)c4ccccc4)c(-c4ccccc4)n1c23. The molecule has 1 aromatic heterocycles. The van der Waals surface area contributed by atoms with Gasteiger partial charge in [0.25, 0.3) is 0 Å². The highest BCUT2D eigenvalue weighted by Gasteiger charge is 2.46. The summed E-state index contributed by atoms with van der Waals surface area (Å²) in [7, 11) is 0. The molecule has 0 N–H and O–H groups in total. The number of hydrogen-bond donors (Lipinski definition) is 0. The van der Waals surface area contributed by atoms with Gasteiger partial charge in [-0.1, -0.05) is 180 Å². The maximum absolute atomic E-state index is 2.77. The van der Waals surface area contributed by atoms with E-state index in [0.29, 0.717) is 0 Å². The largest absolute Gasteiger partial charge is 0.374 e. The normalized spacial score (nSPS) is 13.5. The summed E-state index contributed by atoms with van der Waals surface area (Å²) >= 11 is 0. The lowest BCUT2D eigenvalue weighted by Gasteiger charge is -2.42. The summed E-state index contributed by atoms with van der Waals surface area (Å²) < 4.78 is 2.77. The molecule has 0 radical (unpaired) electrons. The Morgan fingerprint density at radius 2 is 1.03 bits per heavy atom. The van der Waals surface area contributed by atoms with E-state index in [-0.39, 0.29) is 28.5 Å². The van der Waals surface area contributed by atoms with Gasteiger partial charge in [-0.3, -0.25) is 0 Å². The third-order valence-electron chi connectivity index (χ3n) is 13.7. The molecule has 0 bridgehead atoms. The number of benzene rings is 7. The number of nitrogens with zero attached hydrogens (tertiary/aromatic N) is 3. The van der Waals surface area contributed by atoms with Crippen molar-refractivity contribution in [3.05, 3.63) is 180 Å². The van der Waals surface area contributed by atoms with Crippen LogP contribution in [0.25, 0.3) is 33.3 Å². The molecule has 0 saturated carbocycles. The van der Waals surface area contributed by atoms with Crippen LogP contribution in [-0.2, 0) is 22.7 Å². The molecule has 65 heavy (non-hydrogen) atoms. The second-order valence-corrected chi connectivity index (χ2v) is 23.0. The van der Waals surface area contributed by atoms with Crippen molar-refractivity contribution in [2.24, 2.45) is 5.41 Å². The number of anilines is 6. The fourth-order valence-corrected chi connectivity index (χ4v) is 10.4. The van der Waals surface area contributed by atoms with Crippen molar-refractivity contribution in [2.45, 2.75) is 106 Å². The number of fused-ring (bicyclic) bond motifs is 4. The highest BCUT2D eigenvalue weighted by Crippen LogP contribution is 2.54. The van der Waals surface area contributed by atoms with Crippen LogP contribution in [0.15, 0.2) is 158 Å². The Hall–Kier alpha value is -6.26. The van der Waals surface area contributed by atoms with E-state index in [0.717, 1.165) is 17.8 Å². The minimum Gasteiger partial charge on any atom is -0.374 e. The van der Waals surface area contributed by atoms with Crippen LogP contribution in [0.5, 0.6) is 0 Å². The fourth-order valence-electron chi connectivity index (χ4n) is 10.4. The van der Waals surface area contributed by atoms with Crippen molar-refractivity contribution < 1.29 is 0 Å². The second kappa shape index (κ2) is 15.2. The van der Waals surface area contributed by atoms with Crippen molar-refractivity contribution in [1.29, 1.82) is 0 Å². The van der Waals surface area contributed by atoms with Gasteiger partial charge in [-0.25, -0.2) is 0 Å². The molecule has 3 heterocycles. The van der Waals surface area contributed by atoms with Crippen LogP contribution >= 0.6 is 0 Å². The Balaban J connectivity index is 1.42. The van der Waals surface area contributed by atoms with E-state index in [4.69, 9.17) is 0 Å². The zero-order valence-electron chi connectivity index (χ0n) is 40.6. The first-order chi connectivity index (χ1) is 30.8. The smallest absolute Gasteiger partial charge is 0.333 e. The molecule has 0 saturated heterocycles. The van der Waals surface area contributed by atoms with Crippen LogP contribution in [0, 0.1) is 5.41 Å². The molecule has 0 atom stereocenters. The van der Waals surface area contributed by atoms with Gasteiger partial charge in [-0.2, -0.15) is 0 Å². The van der Waals surface area contributed by atoms with Crippen molar-refractivity contribution in [1.82, 2.24) is 4.48 Å². The molecular formula is C61H64BN3. The van der Waals surface area contributed by atoms with E-state index in [1.54, 1.807) is 0 Å². The molecule has 2 aliphatic heterocycles. The van der Waals surface area contributed by atoms with Gasteiger partial charge in [0.1, 0.15) is 0 Å². The molecule has 3 nitrogen and oxygen atoms in total. The predicted octanol–water partition coefficient (Wildman–Crippen LogP) is 15.7. The Morgan fingerprint density at radius 3 is 1.58 bits per heavy atom. The summed E-state index contributed by atoms with van der Waals surface area (Å²) in [6, 6.07) is 60.1. The Kier molecular flexibility index (Phi) is 9.96. The highest BCUT2D eigenvalue weighted by molar-refractivity contribution is 6.90. The molecule has 4 heteroatoms. The number of para-hydroxylation sites is 2. The maximum Gasteiger partial charge on any atom is 0.333 e. The molecule has 8 aromatic rings.